The maximum absolute atomic E-state index is 3.63. The Labute approximate surface area is 65.8 Å². The number of benzene rings is 1. The van der Waals surface area contributed by atoms with E-state index in [0.717, 1.165) is 0 Å². The summed E-state index contributed by atoms with van der Waals surface area (Å²) in [6, 6.07) is 10.0. The van der Waals surface area contributed by atoms with E-state index in [1.165, 1.54) is 5.56 Å². The van der Waals surface area contributed by atoms with E-state index in [-0.39, 0.29) is 16.8 Å². The van der Waals surface area contributed by atoms with Crippen LogP contribution in [0.1, 0.15) is 5.56 Å². The predicted octanol–water partition coefficient (Wildman–Crippen LogP) is 2.33. The van der Waals surface area contributed by atoms with Gasteiger partial charge in [0.25, 0.3) is 0 Å². The van der Waals surface area contributed by atoms with Crippen LogP contribution in [0, 0.1) is 0 Å². The van der Waals surface area contributed by atoms with Crippen molar-refractivity contribution in [3.8, 4) is 0 Å². The fraction of sp³-hybridized carbons (Fsp3) is 0. The zero-order valence-corrected chi connectivity index (χ0v) is 6.05. The number of rotatable bonds is 1. The third-order valence-corrected chi connectivity index (χ3v) is 1.04. The first-order valence-corrected chi connectivity index (χ1v) is 2.61. The van der Waals surface area contributed by atoms with Gasteiger partial charge in [-0.15, -0.1) is 0 Å². The molecule has 0 atom stereocenters. The van der Waals surface area contributed by atoms with Gasteiger partial charge in [0.2, 0.25) is 0 Å². The van der Waals surface area contributed by atoms with Gasteiger partial charge in [-0.3, -0.25) is 0 Å². The van der Waals surface area contributed by atoms with E-state index in [2.05, 4.69) is 6.58 Å². The molecule has 1 heteroatoms. The molecule has 0 spiro atoms. The minimum absolute atomic E-state index is 0. The van der Waals surface area contributed by atoms with Crippen molar-refractivity contribution in [1.29, 1.82) is 0 Å². The Kier molecular flexibility index (Phi) is 4.10. The normalized spacial score (nSPS) is 7.56. The van der Waals surface area contributed by atoms with Crippen LogP contribution in [0.5, 0.6) is 0 Å². The zero-order valence-electron chi connectivity index (χ0n) is 5.00. The predicted molar refractivity (Wildman–Crippen MR) is 36.5 cm³/mol. The molecule has 49 valence electrons. The van der Waals surface area contributed by atoms with Gasteiger partial charge in [0.05, 0.1) is 0 Å². The van der Waals surface area contributed by atoms with Crippen molar-refractivity contribution in [2.75, 3.05) is 0 Å². The Hall–Kier alpha value is -0.534. The largest absolute Gasteiger partial charge is 0.0985 e. The van der Waals surface area contributed by atoms with Gasteiger partial charge in [-0.25, -0.2) is 0 Å². The van der Waals surface area contributed by atoms with Gasteiger partial charge in [0, 0.05) is 16.8 Å². The van der Waals surface area contributed by atoms with Gasteiger partial charge in [0.1, 0.15) is 0 Å². The van der Waals surface area contributed by atoms with Crippen LogP contribution in [0.25, 0.3) is 6.08 Å². The topological polar surface area (TPSA) is 0 Å². The number of hydrogen-bond donors (Lipinski definition) is 0. The molecule has 0 saturated carbocycles. The Bertz CT molecular complexity index is 167. The summed E-state index contributed by atoms with van der Waals surface area (Å²) in [5.41, 5.74) is 1.17. The quantitative estimate of drug-likeness (QED) is 0.596. The summed E-state index contributed by atoms with van der Waals surface area (Å²) in [7, 11) is 0. The summed E-state index contributed by atoms with van der Waals surface area (Å²) >= 11 is 0. The second-order valence-corrected chi connectivity index (χ2v) is 1.61. The standard InChI is InChI=1S/C8H8.Co/c1-2-8-6-4-3-5-7-8;/h2-7H,1H2;. The molecule has 9 heavy (non-hydrogen) atoms. The fourth-order valence-corrected chi connectivity index (χ4v) is 0.589. The Morgan fingerprint density at radius 2 is 1.67 bits per heavy atom. The van der Waals surface area contributed by atoms with Crippen LogP contribution in [-0.2, 0) is 16.8 Å². The molecule has 0 nitrogen and oxygen atoms in total. The molecule has 0 amide bonds. The third-order valence-electron chi connectivity index (χ3n) is 1.04. The van der Waals surface area contributed by atoms with E-state index in [9.17, 15) is 0 Å². The second-order valence-electron chi connectivity index (χ2n) is 1.61. The maximum Gasteiger partial charge on any atom is 0 e. The van der Waals surface area contributed by atoms with Crippen molar-refractivity contribution in [2.24, 2.45) is 0 Å². The van der Waals surface area contributed by atoms with Crippen molar-refractivity contribution in [3.63, 3.8) is 0 Å². The molecular formula is C8H8Co. The van der Waals surface area contributed by atoms with E-state index < -0.39 is 0 Å². The van der Waals surface area contributed by atoms with Gasteiger partial charge in [-0.2, -0.15) is 0 Å². The summed E-state index contributed by atoms with van der Waals surface area (Å²) in [5.74, 6) is 0. The molecular weight excluding hydrogens is 155 g/mol. The SMILES string of the molecule is C=Cc1ccccc1.[Co]. The summed E-state index contributed by atoms with van der Waals surface area (Å²) in [6.45, 7) is 3.63. The van der Waals surface area contributed by atoms with Crippen molar-refractivity contribution in [3.05, 3.63) is 42.5 Å². The molecule has 1 radical (unpaired) electrons. The molecule has 1 aromatic rings. The van der Waals surface area contributed by atoms with Crippen LogP contribution in [0.4, 0.5) is 0 Å². The van der Waals surface area contributed by atoms with Crippen LogP contribution >= 0.6 is 0 Å². The molecule has 0 aliphatic carbocycles. The molecule has 0 aliphatic rings. The van der Waals surface area contributed by atoms with Crippen molar-refractivity contribution in [1.82, 2.24) is 0 Å². The fourth-order valence-electron chi connectivity index (χ4n) is 0.589. The Balaban J connectivity index is 0.000000640. The van der Waals surface area contributed by atoms with E-state index in [4.69, 9.17) is 0 Å². The van der Waals surface area contributed by atoms with Crippen molar-refractivity contribution >= 4 is 6.08 Å². The zero-order chi connectivity index (χ0) is 5.82. The monoisotopic (exact) mass is 163 g/mol. The van der Waals surface area contributed by atoms with Crippen LogP contribution in [0.3, 0.4) is 0 Å². The molecule has 1 aromatic carbocycles. The van der Waals surface area contributed by atoms with Gasteiger partial charge < -0.3 is 0 Å². The first kappa shape index (κ1) is 8.47. The van der Waals surface area contributed by atoms with Gasteiger partial charge >= 0.3 is 0 Å². The van der Waals surface area contributed by atoms with Crippen LogP contribution in [0.15, 0.2) is 36.9 Å². The van der Waals surface area contributed by atoms with E-state index in [0.29, 0.717) is 0 Å². The van der Waals surface area contributed by atoms with Crippen molar-refractivity contribution < 1.29 is 16.8 Å². The molecule has 0 aromatic heterocycles. The second kappa shape index (κ2) is 4.36. The summed E-state index contributed by atoms with van der Waals surface area (Å²) in [6.07, 6.45) is 1.83. The first-order valence-electron chi connectivity index (χ1n) is 2.61. The molecule has 0 unspecified atom stereocenters. The molecule has 0 bridgehead atoms. The molecule has 0 heterocycles. The summed E-state index contributed by atoms with van der Waals surface area (Å²) in [4.78, 5) is 0. The molecule has 0 N–H and O–H groups in total. The average molecular weight is 163 g/mol. The van der Waals surface area contributed by atoms with Gasteiger partial charge in [-0.1, -0.05) is 43.0 Å². The van der Waals surface area contributed by atoms with Crippen LogP contribution in [0.2, 0.25) is 0 Å². The molecule has 0 fully saturated rings. The average Bonchev–Trinajstić information content (AvgIpc) is 1.90. The summed E-state index contributed by atoms with van der Waals surface area (Å²) < 4.78 is 0. The maximum atomic E-state index is 3.63. The molecule has 0 aliphatic heterocycles. The van der Waals surface area contributed by atoms with E-state index in [1.54, 1.807) is 0 Å². The first-order chi connectivity index (χ1) is 3.93. The van der Waals surface area contributed by atoms with Gasteiger partial charge in [0.15, 0.2) is 0 Å². The Morgan fingerprint density at radius 3 is 2.00 bits per heavy atom. The van der Waals surface area contributed by atoms with Crippen LogP contribution in [-0.4, -0.2) is 0 Å². The minimum atomic E-state index is 0. The van der Waals surface area contributed by atoms with Crippen LogP contribution < -0.4 is 0 Å². The number of hydrogen-bond acceptors (Lipinski definition) is 0. The molecule has 0 saturated heterocycles. The molecule has 1 rings (SSSR count). The van der Waals surface area contributed by atoms with E-state index in [1.807, 2.05) is 36.4 Å². The smallest absolute Gasteiger partial charge is 0 e. The van der Waals surface area contributed by atoms with Crippen molar-refractivity contribution in [2.45, 2.75) is 0 Å². The van der Waals surface area contributed by atoms with Gasteiger partial charge in [-0.05, 0) is 5.56 Å². The van der Waals surface area contributed by atoms with E-state index >= 15 is 0 Å². The third kappa shape index (κ3) is 2.49. The summed E-state index contributed by atoms with van der Waals surface area (Å²) in [5, 5.41) is 0. The Morgan fingerprint density at radius 1 is 1.11 bits per heavy atom. The minimum Gasteiger partial charge on any atom is -0.0985 e.